The van der Waals surface area contributed by atoms with Crippen molar-refractivity contribution in [1.29, 1.82) is 5.26 Å². The van der Waals surface area contributed by atoms with Gasteiger partial charge in [-0.3, -0.25) is 0 Å². The van der Waals surface area contributed by atoms with Crippen molar-refractivity contribution in [2.75, 3.05) is 0 Å². The van der Waals surface area contributed by atoms with E-state index in [1.165, 1.54) is 6.07 Å². The fraction of sp³-hybridized carbons (Fsp3) is 0.176. The van der Waals surface area contributed by atoms with Crippen molar-refractivity contribution in [3.8, 4) is 11.8 Å². The Morgan fingerprint density at radius 3 is 2.57 bits per heavy atom. The van der Waals surface area contributed by atoms with Gasteiger partial charge in [-0.15, -0.1) is 0 Å². The SMILES string of the molecule is CCCc1ccc(C(=O)Oc2ccc(F)cc2C#N)cc1. The van der Waals surface area contributed by atoms with Gasteiger partial charge < -0.3 is 4.74 Å². The zero-order valence-corrected chi connectivity index (χ0v) is 11.6. The molecule has 0 N–H and O–H groups in total. The van der Waals surface area contributed by atoms with E-state index < -0.39 is 11.8 Å². The average molecular weight is 283 g/mol. The van der Waals surface area contributed by atoms with Gasteiger partial charge in [0.2, 0.25) is 0 Å². The van der Waals surface area contributed by atoms with Crippen molar-refractivity contribution in [3.05, 3.63) is 65.0 Å². The Bertz CT molecular complexity index is 687. The lowest BCUT2D eigenvalue weighted by atomic mass is 10.1. The standard InChI is InChI=1S/C17H14FNO2/c1-2-3-12-4-6-13(7-5-12)17(20)21-16-9-8-15(18)10-14(16)11-19/h4-10H,2-3H2,1H3. The van der Waals surface area contributed by atoms with Crippen LogP contribution in [0.3, 0.4) is 0 Å². The van der Waals surface area contributed by atoms with E-state index in [9.17, 15) is 9.18 Å². The Labute approximate surface area is 122 Å². The molecule has 0 heterocycles. The van der Waals surface area contributed by atoms with Crippen molar-refractivity contribution in [3.63, 3.8) is 0 Å². The Morgan fingerprint density at radius 2 is 1.95 bits per heavy atom. The molecule has 21 heavy (non-hydrogen) atoms. The summed E-state index contributed by atoms with van der Waals surface area (Å²) in [6, 6.07) is 12.4. The van der Waals surface area contributed by atoms with Gasteiger partial charge in [0, 0.05) is 0 Å². The lowest BCUT2D eigenvalue weighted by Gasteiger charge is -2.06. The van der Waals surface area contributed by atoms with Crippen LogP contribution in [0.25, 0.3) is 0 Å². The third kappa shape index (κ3) is 3.67. The highest BCUT2D eigenvalue weighted by Gasteiger charge is 2.12. The first-order valence-electron chi connectivity index (χ1n) is 6.65. The van der Waals surface area contributed by atoms with Crippen LogP contribution in [0, 0.1) is 17.1 Å². The number of benzene rings is 2. The number of carbonyl (C=O) groups is 1. The molecule has 3 nitrogen and oxygen atoms in total. The van der Waals surface area contributed by atoms with E-state index in [-0.39, 0.29) is 11.3 Å². The topological polar surface area (TPSA) is 50.1 Å². The highest BCUT2D eigenvalue weighted by atomic mass is 19.1. The molecule has 0 spiro atoms. The first-order chi connectivity index (χ1) is 10.1. The lowest BCUT2D eigenvalue weighted by Crippen LogP contribution is -2.09. The number of hydrogen-bond donors (Lipinski definition) is 0. The van der Waals surface area contributed by atoms with Crippen molar-refractivity contribution in [2.24, 2.45) is 0 Å². The van der Waals surface area contributed by atoms with E-state index in [2.05, 4.69) is 6.92 Å². The predicted molar refractivity (Wildman–Crippen MR) is 76.5 cm³/mol. The first kappa shape index (κ1) is 14.7. The monoisotopic (exact) mass is 283 g/mol. The summed E-state index contributed by atoms with van der Waals surface area (Å²) in [5, 5.41) is 8.91. The fourth-order valence-electron chi connectivity index (χ4n) is 1.93. The summed E-state index contributed by atoms with van der Waals surface area (Å²) in [6.45, 7) is 2.08. The zero-order chi connectivity index (χ0) is 15.2. The molecular weight excluding hydrogens is 269 g/mol. The van der Waals surface area contributed by atoms with E-state index in [0.717, 1.165) is 30.5 Å². The summed E-state index contributed by atoms with van der Waals surface area (Å²) >= 11 is 0. The molecule has 2 aromatic rings. The van der Waals surface area contributed by atoms with Gasteiger partial charge >= 0.3 is 5.97 Å². The van der Waals surface area contributed by atoms with Crippen LogP contribution in [-0.4, -0.2) is 5.97 Å². The van der Waals surface area contributed by atoms with Crippen LogP contribution in [-0.2, 0) is 6.42 Å². The number of esters is 1. The van der Waals surface area contributed by atoms with Crippen LogP contribution in [0.15, 0.2) is 42.5 Å². The number of rotatable bonds is 4. The molecule has 0 saturated heterocycles. The zero-order valence-electron chi connectivity index (χ0n) is 11.6. The number of aryl methyl sites for hydroxylation is 1. The molecular formula is C17H14FNO2. The minimum absolute atomic E-state index is 0.00838. The Hall–Kier alpha value is -2.67. The van der Waals surface area contributed by atoms with E-state index >= 15 is 0 Å². The maximum absolute atomic E-state index is 13.0. The Balaban J connectivity index is 2.16. The predicted octanol–water partition coefficient (Wildman–Crippen LogP) is 3.87. The second-order valence-corrected chi connectivity index (χ2v) is 4.59. The molecule has 0 bridgehead atoms. The Morgan fingerprint density at radius 1 is 1.24 bits per heavy atom. The second-order valence-electron chi connectivity index (χ2n) is 4.59. The lowest BCUT2D eigenvalue weighted by molar-refractivity contribution is 0.0734. The molecule has 0 amide bonds. The molecule has 2 rings (SSSR count). The van der Waals surface area contributed by atoms with Crippen LogP contribution in [0.4, 0.5) is 4.39 Å². The van der Waals surface area contributed by atoms with Gasteiger partial charge in [0.1, 0.15) is 17.6 Å². The summed E-state index contributed by atoms with van der Waals surface area (Å²) in [5.41, 5.74) is 1.53. The maximum Gasteiger partial charge on any atom is 0.343 e. The van der Waals surface area contributed by atoms with Gasteiger partial charge in [-0.25, -0.2) is 9.18 Å². The highest BCUT2D eigenvalue weighted by Crippen LogP contribution is 2.20. The summed E-state index contributed by atoms with van der Waals surface area (Å²) in [5.74, 6) is -1.06. The summed E-state index contributed by atoms with van der Waals surface area (Å²) < 4.78 is 18.2. The molecule has 0 unspecified atom stereocenters. The first-order valence-corrected chi connectivity index (χ1v) is 6.65. The molecule has 2 aromatic carbocycles. The number of halogens is 1. The Kier molecular flexibility index (Phi) is 4.68. The van der Waals surface area contributed by atoms with E-state index in [0.29, 0.717) is 5.56 Å². The molecule has 0 fully saturated rings. The second kappa shape index (κ2) is 6.67. The molecule has 0 aromatic heterocycles. The van der Waals surface area contributed by atoms with Crippen LogP contribution < -0.4 is 4.74 Å². The van der Waals surface area contributed by atoms with Crippen molar-refractivity contribution in [1.82, 2.24) is 0 Å². The third-order valence-corrected chi connectivity index (χ3v) is 2.99. The molecule has 0 aliphatic heterocycles. The van der Waals surface area contributed by atoms with Gasteiger partial charge in [-0.2, -0.15) is 5.26 Å². The summed E-state index contributed by atoms with van der Waals surface area (Å²) in [6.07, 6.45) is 1.98. The van der Waals surface area contributed by atoms with Gasteiger partial charge in [-0.05, 0) is 42.3 Å². The molecule has 0 atom stereocenters. The van der Waals surface area contributed by atoms with Crippen molar-refractivity contribution in [2.45, 2.75) is 19.8 Å². The molecule has 106 valence electrons. The van der Waals surface area contributed by atoms with Crippen molar-refractivity contribution >= 4 is 5.97 Å². The van der Waals surface area contributed by atoms with E-state index in [1.807, 2.05) is 12.1 Å². The van der Waals surface area contributed by atoms with E-state index in [4.69, 9.17) is 10.00 Å². The molecule has 0 aliphatic carbocycles. The van der Waals surface area contributed by atoms with Crippen LogP contribution >= 0.6 is 0 Å². The van der Waals surface area contributed by atoms with Gasteiger partial charge in [0.05, 0.1) is 11.1 Å². The van der Waals surface area contributed by atoms with Gasteiger partial charge in [-0.1, -0.05) is 25.5 Å². The molecule has 4 heteroatoms. The van der Waals surface area contributed by atoms with Crippen LogP contribution in [0.1, 0.15) is 34.8 Å². The summed E-state index contributed by atoms with van der Waals surface area (Å²) in [7, 11) is 0. The number of hydrogen-bond acceptors (Lipinski definition) is 3. The van der Waals surface area contributed by atoms with Gasteiger partial charge in [0.15, 0.2) is 0 Å². The molecule has 0 aliphatic rings. The number of ether oxygens (including phenoxy) is 1. The average Bonchev–Trinajstić information content (AvgIpc) is 2.50. The molecule has 0 saturated carbocycles. The number of nitrogens with zero attached hydrogens (tertiary/aromatic N) is 1. The summed E-state index contributed by atoms with van der Waals surface area (Å²) in [4.78, 5) is 12.0. The van der Waals surface area contributed by atoms with E-state index in [1.54, 1.807) is 18.2 Å². The maximum atomic E-state index is 13.0. The van der Waals surface area contributed by atoms with Crippen molar-refractivity contribution < 1.29 is 13.9 Å². The normalized spacial score (nSPS) is 9.95. The minimum atomic E-state index is -0.568. The number of carbonyl (C=O) groups excluding carboxylic acids is 1. The largest absolute Gasteiger partial charge is 0.422 e. The van der Waals surface area contributed by atoms with Crippen LogP contribution in [0.5, 0.6) is 5.75 Å². The minimum Gasteiger partial charge on any atom is -0.422 e. The third-order valence-electron chi connectivity index (χ3n) is 2.99. The fourth-order valence-corrected chi connectivity index (χ4v) is 1.93. The van der Waals surface area contributed by atoms with Gasteiger partial charge in [0.25, 0.3) is 0 Å². The number of nitriles is 1. The smallest absolute Gasteiger partial charge is 0.343 e. The highest BCUT2D eigenvalue weighted by molar-refractivity contribution is 5.91. The molecule has 0 radical (unpaired) electrons. The quantitative estimate of drug-likeness (QED) is 0.632. The van der Waals surface area contributed by atoms with Crippen LogP contribution in [0.2, 0.25) is 0 Å².